The van der Waals surface area contributed by atoms with Crippen molar-refractivity contribution in [1.82, 2.24) is 5.32 Å². The number of esters is 1. The second-order valence-corrected chi connectivity index (χ2v) is 5.36. The van der Waals surface area contributed by atoms with Crippen molar-refractivity contribution in [1.29, 1.82) is 0 Å². The molecule has 0 saturated carbocycles. The van der Waals surface area contributed by atoms with E-state index in [1.165, 1.54) is 57.8 Å². The van der Waals surface area contributed by atoms with Crippen LogP contribution < -0.4 is 5.32 Å². The van der Waals surface area contributed by atoms with Crippen molar-refractivity contribution in [2.75, 3.05) is 13.7 Å². The number of hydrogen-bond donors (Lipinski definition) is 1. The quantitative estimate of drug-likeness (QED) is 0.403. The highest BCUT2D eigenvalue weighted by Crippen LogP contribution is 2.10. The lowest BCUT2D eigenvalue weighted by Crippen LogP contribution is -2.32. The molecule has 20 heavy (non-hydrogen) atoms. The molecule has 0 heterocycles. The fraction of sp³-hybridized carbons (Fsp3) is 0.938. The van der Waals surface area contributed by atoms with Gasteiger partial charge in [0.2, 0.25) is 0 Å². The molecule has 1 unspecified atom stereocenters. The summed E-state index contributed by atoms with van der Waals surface area (Å²) >= 11 is 0. The lowest BCUT2D eigenvalue weighted by Gasteiger charge is -2.09. The van der Waals surface area contributed by atoms with Crippen molar-refractivity contribution < 1.29 is 9.53 Å². The maximum Gasteiger partial charge on any atom is 0.322 e. The highest BCUT2D eigenvalue weighted by atomic mass is 35.5. The topological polar surface area (TPSA) is 38.3 Å². The van der Waals surface area contributed by atoms with E-state index >= 15 is 0 Å². The maximum atomic E-state index is 11.3. The molecular formula is C16H34ClNO2. The molecule has 1 atom stereocenters. The Morgan fingerprint density at radius 2 is 1.40 bits per heavy atom. The number of likely N-dealkylation sites (N-methyl/N-ethyl adjacent to an activating group) is 1. The Labute approximate surface area is 131 Å². The Morgan fingerprint density at radius 1 is 0.950 bits per heavy atom. The number of nitrogens with one attached hydrogen (secondary N) is 1. The first-order valence-electron chi connectivity index (χ1n) is 8.06. The molecule has 0 aliphatic heterocycles. The Balaban J connectivity index is 0. The monoisotopic (exact) mass is 307 g/mol. The summed E-state index contributed by atoms with van der Waals surface area (Å²) in [5.74, 6) is -0.140. The second kappa shape index (κ2) is 16.8. The summed E-state index contributed by atoms with van der Waals surface area (Å²) in [6.45, 7) is 4.65. The van der Waals surface area contributed by atoms with Gasteiger partial charge in [0.15, 0.2) is 0 Å². The van der Waals surface area contributed by atoms with Crippen LogP contribution in [0.15, 0.2) is 0 Å². The highest BCUT2D eigenvalue weighted by Gasteiger charge is 2.10. The number of carbonyl (C=O) groups excluding carboxylic acids is 1. The van der Waals surface area contributed by atoms with Crippen LogP contribution in [0, 0.1) is 0 Å². The molecule has 0 spiro atoms. The molecule has 0 aliphatic rings. The van der Waals surface area contributed by atoms with E-state index in [1.807, 2.05) is 6.92 Å². The third kappa shape index (κ3) is 14.1. The molecule has 0 fully saturated rings. The molecule has 3 nitrogen and oxygen atoms in total. The van der Waals surface area contributed by atoms with E-state index in [2.05, 4.69) is 12.2 Å². The van der Waals surface area contributed by atoms with Gasteiger partial charge in [0.1, 0.15) is 6.04 Å². The van der Waals surface area contributed by atoms with Crippen LogP contribution in [0.3, 0.4) is 0 Å². The van der Waals surface area contributed by atoms with E-state index in [9.17, 15) is 4.79 Å². The minimum absolute atomic E-state index is 0. The third-order valence-electron chi connectivity index (χ3n) is 3.53. The first-order chi connectivity index (χ1) is 9.22. The zero-order valence-corrected chi connectivity index (χ0v) is 14.4. The average Bonchev–Trinajstić information content (AvgIpc) is 2.43. The number of hydrogen-bond acceptors (Lipinski definition) is 3. The number of carbonyl (C=O) groups is 1. The van der Waals surface area contributed by atoms with Crippen molar-refractivity contribution in [2.24, 2.45) is 0 Å². The Morgan fingerprint density at radius 3 is 1.85 bits per heavy atom. The van der Waals surface area contributed by atoms with Gasteiger partial charge in [0.05, 0.1) is 6.61 Å². The minimum atomic E-state index is -0.192. The zero-order chi connectivity index (χ0) is 14.3. The molecule has 0 bridgehead atoms. The van der Waals surface area contributed by atoms with Crippen LogP contribution in [0.25, 0.3) is 0 Å². The highest BCUT2D eigenvalue weighted by molar-refractivity contribution is 5.85. The van der Waals surface area contributed by atoms with Gasteiger partial charge in [-0.2, -0.15) is 0 Å². The van der Waals surface area contributed by atoms with Crippen LogP contribution in [0.5, 0.6) is 0 Å². The summed E-state index contributed by atoms with van der Waals surface area (Å²) in [5.41, 5.74) is 0. The second-order valence-electron chi connectivity index (χ2n) is 5.36. The molecule has 4 heteroatoms. The van der Waals surface area contributed by atoms with Crippen molar-refractivity contribution in [2.45, 2.75) is 84.1 Å². The van der Waals surface area contributed by atoms with Gasteiger partial charge in [0, 0.05) is 0 Å². The summed E-state index contributed by atoms with van der Waals surface area (Å²) in [6, 6.07) is -0.192. The van der Waals surface area contributed by atoms with Crippen molar-refractivity contribution >= 4 is 18.4 Å². The molecule has 0 saturated heterocycles. The Bertz CT molecular complexity index is 213. The molecule has 122 valence electrons. The Kier molecular flexibility index (Phi) is 18.5. The predicted octanol–water partition coefficient (Wildman–Crippen LogP) is 4.48. The first-order valence-corrected chi connectivity index (χ1v) is 8.06. The van der Waals surface area contributed by atoms with E-state index in [1.54, 1.807) is 7.05 Å². The summed E-state index contributed by atoms with van der Waals surface area (Å²) in [6.07, 6.45) is 13.0. The van der Waals surface area contributed by atoms with Gasteiger partial charge in [-0.1, -0.05) is 64.7 Å². The smallest absolute Gasteiger partial charge is 0.322 e. The average molecular weight is 308 g/mol. The van der Waals surface area contributed by atoms with Gasteiger partial charge in [-0.05, 0) is 20.4 Å². The summed E-state index contributed by atoms with van der Waals surface area (Å²) in [7, 11) is 1.77. The fourth-order valence-corrected chi connectivity index (χ4v) is 2.01. The Hall–Kier alpha value is -0.280. The third-order valence-corrected chi connectivity index (χ3v) is 3.53. The molecule has 0 aromatic heterocycles. The number of ether oxygens (including phenoxy) is 1. The minimum Gasteiger partial charge on any atom is -0.465 e. The van der Waals surface area contributed by atoms with E-state index in [-0.39, 0.29) is 24.4 Å². The number of unbranched alkanes of at least 4 members (excludes halogenated alkanes) is 9. The standard InChI is InChI=1S/C16H33NO2.ClH/c1-4-5-6-7-8-9-10-11-12-13-14-19-16(18)15(2)17-3;/h15,17H,4-14H2,1-3H3;1H. The summed E-state index contributed by atoms with van der Waals surface area (Å²) in [5, 5.41) is 2.88. The maximum absolute atomic E-state index is 11.3. The SMILES string of the molecule is CCCCCCCCCCCCOC(=O)C(C)NC.Cl. The van der Waals surface area contributed by atoms with Crippen LogP contribution in [-0.4, -0.2) is 25.7 Å². The molecular weight excluding hydrogens is 274 g/mol. The molecule has 0 aromatic rings. The lowest BCUT2D eigenvalue weighted by atomic mass is 10.1. The number of halogens is 1. The van der Waals surface area contributed by atoms with Crippen LogP contribution >= 0.6 is 12.4 Å². The van der Waals surface area contributed by atoms with Crippen LogP contribution in [0.1, 0.15) is 78.1 Å². The summed E-state index contributed by atoms with van der Waals surface area (Å²) < 4.78 is 5.17. The van der Waals surface area contributed by atoms with Gasteiger partial charge in [-0.25, -0.2) is 0 Å². The van der Waals surface area contributed by atoms with Gasteiger partial charge in [-0.15, -0.1) is 12.4 Å². The largest absolute Gasteiger partial charge is 0.465 e. The molecule has 0 aliphatic carbocycles. The fourth-order valence-electron chi connectivity index (χ4n) is 2.01. The normalized spacial score (nSPS) is 11.8. The predicted molar refractivity (Wildman–Crippen MR) is 88.6 cm³/mol. The van der Waals surface area contributed by atoms with E-state index in [0.29, 0.717) is 6.61 Å². The molecule has 0 radical (unpaired) electrons. The van der Waals surface area contributed by atoms with Gasteiger partial charge in [0.25, 0.3) is 0 Å². The van der Waals surface area contributed by atoms with Crippen molar-refractivity contribution in [3.05, 3.63) is 0 Å². The molecule has 0 amide bonds. The van der Waals surface area contributed by atoms with Gasteiger partial charge < -0.3 is 10.1 Å². The molecule has 1 N–H and O–H groups in total. The zero-order valence-electron chi connectivity index (χ0n) is 13.6. The van der Waals surface area contributed by atoms with E-state index in [4.69, 9.17) is 4.74 Å². The molecule has 0 rings (SSSR count). The lowest BCUT2D eigenvalue weighted by molar-refractivity contribution is -0.145. The number of rotatable bonds is 13. The first kappa shape index (κ1) is 22.0. The van der Waals surface area contributed by atoms with Crippen LogP contribution in [0.2, 0.25) is 0 Å². The van der Waals surface area contributed by atoms with Crippen LogP contribution in [-0.2, 0) is 9.53 Å². The van der Waals surface area contributed by atoms with Gasteiger partial charge in [-0.3, -0.25) is 4.79 Å². The van der Waals surface area contributed by atoms with E-state index in [0.717, 1.165) is 6.42 Å². The van der Waals surface area contributed by atoms with E-state index < -0.39 is 0 Å². The molecule has 0 aromatic carbocycles. The summed E-state index contributed by atoms with van der Waals surface area (Å²) in [4.78, 5) is 11.3. The van der Waals surface area contributed by atoms with Crippen LogP contribution in [0.4, 0.5) is 0 Å². The van der Waals surface area contributed by atoms with Crippen molar-refractivity contribution in [3.63, 3.8) is 0 Å². The van der Waals surface area contributed by atoms with Crippen molar-refractivity contribution in [3.8, 4) is 0 Å². The van der Waals surface area contributed by atoms with Gasteiger partial charge >= 0.3 is 5.97 Å².